The first kappa shape index (κ1) is 15.1. The van der Waals surface area contributed by atoms with Crippen molar-refractivity contribution in [3.63, 3.8) is 0 Å². The number of carbonyl (C=O) groups is 2. The normalized spacial score (nSPS) is 26.9. The Morgan fingerprint density at radius 3 is 2.60 bits per heavy atom. The van der Waals surface area contributed by atoms with Crippen LogP contribution in [0.3, 0.4) is 0 Å². The molecule has 3 N–H and O–H groups in total. The molecule has 0 radical (unpaired) electrons. The molecule has 0 aromatic heterocycles. The number of ketones is 2. The Hall–Kier alpha value is -1.33. The molecule has 0 bridgehead atoms. The van der Waals surface area contributed by atoms with Crippen LogP contribution < -0.4 is 11.1 Å². The molecule has 0 spiro atoms. The lowest BCUT2D eigenvalue weighted by Gasteiger charge is -2.28. The van der Waals surface area contributed by atoms with E-state index in [0.717, 1.165) is 25.7 Å². The summed E-state index contributed by atoms with van der Waals surface area (Å²) in [6.45, 7) is 3.61. The maximum atomic E-state index is 12.0. The molecule has 0 saturated heterocycles. The van der Waals surface area contributed by atoms with Crippen LogP contribution in [0, 0.1) is 0 Å². The first-order valence-corrected chi connectivity index (χ1v) is 7.86. The zero-order valence-electron chi connectivity index (χ0n) is 11.4. The maximum Gasteiger partial charge on any atom is 0.203 e. The highest BCUT2D eigenvalue weighted by atomic mass is 32.2. The number of rotatable bonds is 5. The first-order chi connectivity index (χ1) is 9.60. The largest absolute Gasteiger partial charge is 0.379 e. The van der Waals surface area contributed by atoms with E-state index in [1.54, 1.807) is 6.08 Å². The molecule has 0 atom stereocenters. The van der Waals surface area contributed by atoms with Crippen molar-refractivity contribution in [2.24, 2.45) is 5.73 Å². The van der Waals surface area contributed by atoms with Gasteiger partial charge in [-0.15, -0.1) is 18.3 Å². The summed E-state index contributed by atoms with van der Waals surface area (Å²) in [5.74, 6) is 0.402. The lowest BCUT2D eigenvalue weighted by Crippen LogP contribution is -2.39. The van der Waals surface area contributed by atoms with Gasteiger partial charge in [0.05, 0.1) is 10.6 Å². The molecule has 0 heterocycles. The molecule has 0 unspecified atom stereocenters. The molecule has 0 amide bonds. The summed E-state index contributed by atoms with van der Waals surface area (Å²) in [5, 5.41) is 3.20. The molecule has 4 nitrogen and oxygen atoms in total. The Morgan fingerprint density at radius 1 is 1.25 bits per heavy atom. The van der Waals surface area contributed by atoms with Crippen LogP contribution in [0.15, 0.2) is 35.4 Å². The van der Waals surface area contributed by atoms with Gasteiger partial charge in [0.1, 0.15) is 0 Å². The highest BCUT2D eigenvalue weighted by molar-refractivity contribution is 8.04. The SMILES string of the molecule is C=CCSC1=CC(=O)C(NC2CCC(N)CC2)=CC1=O. The van der Waals surface area contributed by atoms with Crippen LogP contribution in [0.4, 0.5) is 0 Å². The topological polar surface area (TPSA) is 72.2 Å². The van der Waals surface area contributed by atoms with Crippen LogP contribution in [0.2, 0.25) is 0 Å². The standard InChI is InChI=1S/C15H20N2O2S/c1-2-7-20-15-9-13(18)12(8-14(15)19)17-11-5-3-10(16)4-6-11/h2,8-11,17H,1,3-7,16H2. The monoisotopic (exact) mass is 292 g/mol. The van der Waals surface area contributed by atoms with Crippen LogP contribution in [-0.2, 0) is 9.59 Å². The molecule has 1 fully saturated rings. The van der Waals surface area contributed by atoms with Gasteiger partial charge in [-0.25, -0.2) is 0 Å². The van der Waals surface area contributed by atoms with E-state index in [0.29, 0.717) is 16.4 Å². The fourth-order valence-electron chi connectivity index (χ4n) is 2.40. The van der Waals surface area contributed by atoms with Crippen LogP contribution in [0.25, 0.3) is 0 Å². The zero-order chi connectivity index (χ0) is 14.5. The Morgan fingerprint density at radius 2 is 1.95 bits per heavy atom. The lowest BCUT2D eigenvalue weighted by molar-refractivity contribution is -0.115. The van der Waals surface area contributed by atoms with Gasteiger partial charge in [0, 0.05) is 30.0 Å². The van der Waals surface area contributed by atoms with Crippen molar-refractivity contribution in [3.05, 3.63) is 35.4 Å². The molecular weight excluding hydrogens is 272 g/mol. The Balaban J connectivity index is 1.95. The van der Waals surface area contributed by atoms with E-state index in [9.17, 15) is 9.59 Å². The molecule has 108 valence electrons. The average molecular weight is 292 g/mol. The van der Waals surface area contributed by atoms with Crippen molar-refractivity contribution in [2.45, 2.75) is 37.8 Å². The van der Waals surface area contributed by atoms with Gasteiger partial charge < -0.3 is 11.1 Å². The highest BCUT2D eigenvalue weighted by Crippen LogP contribution is 2.23. The lowest BCUT2D eigenvalue weighted by atomic mass is 9.91. The summed E-state index contributed by atoms with van der Waals surface area (Å²) in [6, 6.07) is 0.515. The minimum absolute atomic E-state index is 0.105. The molecule has 0 aromatic carbocycles. The van der Waals surface area contributed by atoms with E-state index >= 15 is 0 Å². The maximum absolute atomic E-state index is 12.0. The minimum atomic E-state index is -0.119. The van der Waals surface area contributed by atoms with Gasteiger partial charge in [-0.1, -0.05) is 6.08 Å². The third-order valence-electron chi connectivity index (χ3n) is 3.53. The van der Waals surface area contributed by atoms with Crippen molar-refractivity contribution in [2.75, 3.05) is 5.75 Å². The molecule has 20 heavy (non-hydrogen) atoms. The predicted molar refractivity (Wildman–Crippen MR) is 82.2 cm³/mol. The fraction of sp³-hybridized carbons (Fsp3) is 0.467. The van der Waals surface area contributed by atoms with Crippen molar-refractivity contribution in [1.29, 1.82) is 0 Å². The van der Waals surface area contributed by atoms with Crippen LogP contribution in [-0.4, -0.2) is 29.4 Å². The van der Waals surface area contributed by atoms with Crippen molar-refractivity contribution in [3.8, 4) is 0 Å². The second-order valence-corrected chi connectivity index (χ2v) is 6.21. The number of carbonyl (C=O) groups excluding carboxylic acids is 2. The Labute approximate surface area is 123 Å². The molecule has 2 rings (SSSR count). The third-order valence-corrected chi connectivity index (χ3v) is 4.57. The van der Waals surface area contributed by atoms with E-state index in [1.165, 1.54) is 23.9 Å². The van der Waals surface area contributed by atoms with Gasteiger partial charge in [0.25, 0.3) is 0 Å². The summed E-state index contributed by atoms with van der Waals surface area (Å²) in [6.07, 6.45) is 8.37. The van der Waals surface area contributed by atoms with E-state index in [1.807, 2.05) is 0 Å². The number of nitrogens with two attached hydrogens (primary N) is 1. The third kappa shape index (κ3) is 3.84. The number of allylic oxidation sites excluding steroid dienone is 3. The number of hydrogen-bond acceptors (Lipinski definition) is 5. The first-order valence-electron chi connectivity index (χ1n) is 6.88. The summed E-state index contributed by atoms with van der Waals surface area (Å²) < 4.78 is 0. The molecule has 0 aromatic rings. The predicted octanol–water partition coefficient (Wildman–Crippen LogP) is 1.68. The molecule has 2 aliphatic rings. The van der Waals surface area contributed by atoms with E-state index in [4.69, 9.17) is 5.73 Å². The average Bonchev–Trinajstić information content (AvgIpc) is 2.43. The molecule has 5 heteroatoms. The number of nitrogens with one attached hydrogen (secondary N) is 1. The summed E-state index contributed by atoms with van der Waals surface area (Å²) in [7, 11) is 0. The van der Waals surface area contributed by atoms with E-state index < -0.39 is 0 Å². The number of thioether (sulfide) groups is 1. The van der Waals surface area contributed by atoms with Crippen LogP contribution >= 0.6 is 11.8 Å². The molecule has 0 aliphatic heterocycles. The quantitative estimate of drug-likeness (QED) is 0.596. The van der Waals surface area contributed by atoms with Gasteiger partial charge in [0.2, 0.25) is 5.78 Å². The molecule has 2 aliphatic carbocycles. The summed E-state index contributed by atoms with van der Waals surface area (Å²) >= 11 is 1.34. The smallest absolute Gasteiger partial charge is 0.203 e. The van der Waals surface area contributed by atoms with Crippen molar-refractivity contribution in [1.82, 2.24) is 5.32 Å². The van der Waals surface area contributed by atoms with Crippen LogP contribution in [0.1, 0.15) is 25.7 Å². The van der Waals surface area contributed by atoms with Crippen LogP contribution in [0.5, 0.6) is 0 Å². The number of hydrogen-bond donors (Lipinski definition) is 2. The van der Waals surface area contributed by atoms with Gasteiger partial charge in [-0.2, -0.15) is 0 Å². The summed E-state index contributed by atoms with van der Waals surface area (Å²) in [5.41, 5.74) is 6.28. The van der Waals surface area contributed by atoms with Crippen molar-refractivity contribution < 1.29 is 9.59 Å². The van der Waals surface area contributed by atoms with E-state index in [2.05, 4.69) is 11.9 Å². The van der Waals surface area contributed by atoms with Gasteiger partial charge in [-0.3, -0.25) is 9.59 Å². The second kappa shape index (κ2) is 6.90. The molecular formula is C15H20N2O2S. The Kier molecular flexibility index (Phi) is 5.20. The molecule has 1 saturated carbocycles. The van der Waals surface area contributed by atoms with Crippen molar-refractivity contribution >= 4 is 23.3 Å². The Bertz CT molecular complexity index is 474. The summed E-state index contributed by atoms with van der Waals surface area (Å²) in [4.78, 5) is 24.5. The zero-order valence-corrected chi connectivity index (χ0v) is 12.2. The van der Waals surface area contributed by atoms with E-state index in [-0.39, 0.29) is 23.7 Å². The minimum Gasteiger partial charge on any atom is -0.379 e. The fourth-order valence-corrected chi connectivity index (χ4v) is 3.09. The van der Waals surface area contributed by atoms with Gasteiger partial charge >= 0.3 is 0 Å². The van der Waals surface area contributed by atoms with Gasteiger partial charge in [0.15, 0.2) is 5.78 Å². The van der Waals surface area contributed by atoms with Gasteiger partial charge in [-0.05, 0) is 25.7 Å². The second-order valence-electron chi connectivity index (χ2n) is 5.15. The highest BCUT2D eigenvalue weighted by Gasteiger charge is 2.24.